The summed E-state index contributed by atoms with van der Waals surface area (Å²) in [5.74, 6) is -0.359. The molecule has 0 aliphatic carbocycles. The molecule has 0 atom stereocenters. The third-order valence-corrected chi connectivity index (χ3v) is 4.47. The van der Waals surface area contributed by atoms with Crippen LogP contribution in [0, 0.1) is 5.82 Å². The SMILES string of the molecule is Cn1cc(-c2cc(-c3cnn(C)c3)n(Cc3ccc(F)cc3Cl)n2)cn1. The fourth-order valence-corrected chi connectivity index (χ4v) is 3.06. The molecule has 4 rings (SSSR count). The average molecular weight is 371 g/mol. The summed E-state index contributed by atoms with van der Waals surface area (Å²) in [7, 11) is 3.73. The highest BCUT2D eigenvalue weighted by Crippen LogP contribution is 2.27. The van der Waals surface area contributed by atoms with Gasteiger partial charge in [-0.25, -0.2) is 4.39 Å². The minimum Gasteiger partial charge on any atom is -0.275 e. The summed E-state index contributed by atoms with van der Waals surface area (Å²) in [5.41, 5.74) is 4.35. The minimum atomic E-state index is -0.359. The van der Waals surface area contributed by atoms with Crippen LogP contribution in [-0.2, 0) is 20.6 Å². The number of aromatic nitrogens is 6. The first-order valence-electron chi connectivity index (χ1n) is 7.99. The van der Waals surface area contributed by atoms with Crippen molar-refractivity contribution in [2.24, 2.45) is 14.1 Å². The van der Waals surface area contributed by atoms with Crippen molar-refractivity contribution in [3.8, 4) is 22.5 Å². The highest BCUT2D eigenvalue weighted by atomic mass is 35.5. The van der Waals surface area contributed by atoms with Gasteiger partial charge >= 0.3 is 0 Å². The summed E-state index contributed by atoms with van der Waals surface area (Å²) in [6.45, 7) is 0.420. The summed E-state index contributed by atoms with van der Waals surface area (Å²) < 4.78 is 18.6. The summed E-state index contributed by atoms with van der Waals surface area (Å²) in [5, 5.41) is 13.5. The van der Waals surface area contributed by atoms with Gasteiger partial charge in [0.25, 0.3) is 0 Å². The van der Waals surface area contributed by atoms with Crippen LogP contribution in [0.1, 0.15) is 5.56 Å². The summed E-state index contributed by atoms with van der Waals surface area (Å²) in [6.07, 6.45) is 7.38. The van der Waals surface area contributed by atoms with Crippen molar-refractivity contribution >= 4 is 11.6 Å². The van der Waals surface area contributed by atoms with E-state index in [1.165, 1.54) is 12.1 Å². The van der Waals surface area contributed by atoms with E-state index in [9.17, 15) is 4.39 Å². The molecule has 0 aliphatic heterocycles. The molecule has 0 saturated carbocycles. The Balaban J connectivity index is 1.79. The maximum absolute atomic E-state index is 13.3. The zero-order valence-electron chi connectivity index (χ0n) is 14.3. The lowest BCUT2D eigenvalue weighted by Gasteiger charge is -2.08. The van der Waals surface area contributed by atoms with Gasteiger partial charge in [0.2, 0.25) is 0 Å². The Bertz CT molecular complexity index is 1080. The maximum atomic E-state index is 13.3. The van der Waals surface area contributed by atoms with Crippen LogP contribution in [0.25, 0.3) is 22.5 Å². The number of nitrogens with zero attached hydrogens (tertiary/aromatic N) is 6. The molecule has 0 amide bonds. The molecule has 26 heavy (non-hydrogen) atoms. The quantitative estimate of drug-likeness (QED) is 0.552. The molecule has 0 bridgehead atoms. The van der Waals surface area contributed by atoms with Crippen molar-refractivity contribution in [2.45, 2.75) is 6.54 Å². The second kappa shape index (κ2) is 6.42. The van der Waals surface area contributed by atoms with Crippen LogP contribution >= 0.6 is 11.6 Å². The molecule has 4 aromatic rings. The van der Waals surface area contributed by atoms with Gasteiger partial charge in [-0.15, -0.1) is 0 Å². The number of benzene rings is 1. The number of rotatable bonds is 4. The highest BCUT2D eigenvalue weighted by molar-refractivity contribution is 6.31. The molecule has 0 saturated heterocycles. The lowest BCUT2D eigenvalue weighted by Crippen LogP contribution is -2.04. The molecule has 3 aromatic heterocycles. The van der Waals surface area contributed by atoms with Crippen molar-refractivity contribution in [1.82, 2.24) is 29.3 Å². The third kappa shape index (κ3) is 3.13. The van der Waals surface area contributed by atoms with Crippen molar-refractivity contribution in [3.05, 3.63) is 65.5 Å². The van der Waals surface area contributed by atoms with Crippen LogP contribution in [0.4, 0.5) is 4.39 Å². The maximum Gasteiger partial charge on any atom is 0.124 e. The van der Waals surface area contributed by atoms with Gasteiger partial charge in [0.1, 0.15) is 5.82 Å². The van der Waals surface area contributed by atoms with Gasteiger partial charge in [-0.3, -0.25) is 14.0 Å². The molecular weight excluding hydrogens is 355 g/mol. The van der Waals surface area contributed by atoms with Crippen LogP contribution in [0.5, 0.6) is 0 Å². The van der Waals surface area contributed by atoms with Gasteiger partial charge in [0.15, 0.2) is 0 Å². The van der Waals surface area contributed by atoms with E-state index in [1.807, 2.05) is 37.2 Å². The van der Waals surface area contributed by atoms with Crippen LogP contribution in [0.2, 0.25) is 5.02 Å². The first-order chi connectivity index (χ1) is 12.5. The molecule has 0 N–H and O–H groups in total. The van der Waals surface area contributed by atoms with Crippen molar-refractivity contribution in [3.63, 3.8) is 0 Å². The number of hydrogen-bond donors (Lipinski definition) is 0. The van der Waals surface area contributed by atoms with Crippen molar-refractivity contribution in [2.75, 3.05) is 0 Å². The molecule has 0 spiro atoms. The monoisotopic (exact) mass is 370 g/mol. The van der Waals surface area contributed by atoms with Crippen molar-refractivity contribution in [1.29, 1.82) is 0 Å². The van der Waals surface area contributed by atoms with E-state index in [1.54, 1.807) is 27.8 Å². The standard InChI is InChI=1S/C18H16ClFN6/c1-24-9-13(7-21-24)17-6-18(14-8-22-25(2)10-14)26(23-17)11-12-3-4-15(20)5-16(12)19/h3-10H,11H2,1-2H3. The van der Waals surface area contributed by atoms with Crippen LogP contribution in [-0.4, -0.2) is 29.3 Å². The van der Waals surface area contributed by atoms with Crippen LogP contribution < -0.4 is 0 Å². The second-order valence-electron chi connectivity index (χ2n) is 6.11. The molecule has 8 heteroatoms. The molecular formula is C18H16ClFN6. The first-order valence-corrected chi connectivity index (χ1v) is 8.37. The van der Waals surface area contributed by atoms with Crippen LogP contribution in [0.15, 0.2) is 49.1 Å². The Morgan fingerprint density at radius 2 is 1.69 bits per heavy atom. The van der Waals surface area contributed by atoms with E-state index >= 15 is 0 Å². The summed E-state index contributed by atoms with van der Waals surface area (Å²) in [4.78, 5) is 0. The lowest BCUT2D eigenvalue weighted by molar-refractivity contribution is 0.625. The van der Waals surface area contributed by atoms with Gasteiger partial charge in [-0.05, 0) is 23.8 Å². The van der Waals surface area contributed by atoms with Crippen LogP contribution in [0.3, 0.4) is 0 Å². The second-order valence-corrected chi connectivity index (χ2v) is 6.52. The van der Waals surface area contributed by atoms with Crippen molar-refractivity contribution < 1.29 is 4.39 Å². The topological polar surface area (TPSA) is 53.5 Å². The van der Waals surface area contributed by atoms with E-state index in [-0.39, 0.29) is 5.82 Å². The molecule has 0 unspecified atom stereocenters. The molecule has 6 nitrogen and oxygen atoms in total. The lowest BCUT2D eigenvalue weighted by atomic mass is 10.2. The normalized spacial score (nSPS) is 11.2. The summed E-state index contributed by atoms with van der Waals surface area (Å²) >= 11 is 6.20. The highest BCUT2D eigenvalue weighted by Gasteiger charge is 2.15. The fraction of sp³-hybridized carbons (Fsp3) is 0.167. The van der Waals surface area contributed by atoms with E-state index in [2.05, 4.69) is 10.2 Å². The number of hydrogen-bond acceptors (Lipinski definition) is 3. The van der Waals surface area contributed by atoms with E-state index in [4.69, 9.17) is 16.7 Å². The average Bonchev–Trinajstić information content (AvgIpc) is 3.30. The van der Waals surface area contributed by atoms with Gasteiger partial charge in [-0.2, -0.15) is 15.3 Å². The number of aryl methyl sites for hydroxylation is 2. The Hall–Kier alpha value is -2.93. The molecule has 0 radical (unpaired) electrons. The van der Waals surface area contributed by atoms with E-state index < -0.39 is 0 Å². The predicted molar refractivity (Wildman–Crippen MR) is 97.1 cm³/mol. The van der Waals surface area contributed by atoms with E-state index in [0.29, 0.717) is 11.6 Å². The Morgan fingerprint density at radius 1 is 1.00 bits per heavy atom. The first kappa shape index (κ1) is 16.5. The Labute approximate surface area is 154 Å². The molecule has 0 fully saturated rings. The Morgan fingerprint density at radius 3 is 2.31 bits per heavy atom. The zero-order valence-corrected chi connectivity index (χ0v) is 15.0. The third-order valence-electron chi connectivity index (χ3n) is 4.12. The summed E-state index contributed by atoms with van der Waals surface area (Å²) in [6, 6.07) is 6.38. The van der Waals surface area contributed by atoms with Gasteiger partial charge in [-0.1, -0.05) is 17.7 Å². The minimum absolute atomic E-state index is 0.359. The van der Waals surface area contributed by atoms with E-state index in [0.717, 1.165) is 28.1 Å². The largest absolute Gasteiger partial charge is 0.275 e. The van der Waals surface area contributed by atoms with Gasteiger partial charge in [0, 0.05) is 42.6 Å². The fourth-order valence-electron chi connectivity index (χ4n) is 2.83. The van der Waals surface area contributed by atoms with Gasteiger partial charge in [0.05, 0.1) is 30.3 Å². The zero-order chi connectivity index (χ0) is 18.3. The predicted octanol–water partition coefficient (Wildman–Crippen LogP) is 3.52. The molecule has 132 valence electrons. The molecule has 3 heterocycles. The number of halogens is 2. The molecule has 1 aromatic carbocycles. The smallest absolute Gasteiger partial charge is 0.124 e. The van der Waals surface area contributed by atoms with Gasteiger partial charge < -0.3 is 0 Å². The Kier molecular flexibility index (Phi) is 4.08. The molecule has 0 aliphatic rings.